The Kier molecular flexibility index (Phi) is 9.66. The highest BCUT2D eigenvalue weighted by Crippen LogP contribution is 2.46. The number of ether oxygens (including phenoxy) is 4. The molecule has 2 aliphatic rings. The van der Waals surface area contributed by atoms with Crippen molar-refractivity contribution in [3.8, 4) is 17.2 Å². The fourth-order valence-electron chi connectivity index (χ4n) is 7.25. The predicted molar refractivity (Wildman–Crippen MR) is 215 cm³/mol. The van der Waals surface area contributed by atoms with Crippen LogP contribution in [0.3, 0.4) is 0 Å². The molecule has 2 aliphatic heterocycles. The number of hydrogen-bond acceptors (Lipinski definition) is 10. The highest BCUT2D eigenvalue weighted by Gasteiger charge is 2.45. The van der Waals surface area contributed by atoms with Crippen LogP contribution in [0, 0.1) is 0 Å². The topological polar surface area (TPSA) is 142 Å². The van der Waals surface area contributed by atoms with Crippen LogP contribution < -0.4 is 25.8 Å². The van der Waals surface area contributed by atoms with Gasteiger partial charge >= 0.3 is 11.8 Å². The SMILES string of the molecule is CC(C)(C)[Si](C)(C)O[C@@H]1C[C@H](n2cc3c(nc2=O)Nc2c(OCCNC(=O)OCCc4ccc5ccc6cccc7ccc4c5c67)cccc2O3)O[C@@H]1CO. The second-order valence-corrected chi connectivity index (χ2v) is 20.5. The number of para-hydroxylation sites is 1. The van der Waals surface area contributed by atoms with Crippen LogP contribution in [0.2, 0.25) is 18.1 Å². The van der Waals surface area contributed by atoms with E-state index in [1.54, 1.807) is 24.4 Å². The van der Waals surface area contributed by atoms with E-state index in [2.05, 4.69) is 104 Å². The Morgan fingerprint density at radius 2 is 1.71 bits per heavy atom. The van der Waals surface area contributed by atoms with E-state index in [9.17, 15) is 14.7 Å². The lowest BCUT2D eigenvalue weighted by Crippen LogP contribution is -2.46. The van der Waals surface area contributed by atoms with Gasteiger partial charge in [0.25, 0.3) is 0 Å². The molecule has 3 heterocycles. The molecule has 8 rings (SSSR count). The van der Waals surface area contributed by atoms with Gasteiger partial charge < -0.3 is 39.1 Å². The normalized spacial score (nSPS) is 18.2. The number of nitrogens with zero attached hydrogens (tertiary/aromatic N) is 2. The van der Waals surface area contributed by atoms with Gasteiger partial charge in [-0.2, -0.15) is 4.98 Å². The van der Waals surface area contributed by atoms with Gasteiger partial charge in [0, 0.05) is 12.8 Å². The van der Waals surface area contributed by atoms with E-state index in [0.29, 0.717) is 35.8 Å². The lowest BCUT2D eigenvalue weighted by atomic mass is 9.91. The van der Waals surface area contributed by atoms with Crippen molar-refractivity contribution in [1.82, 2.24) is 14.9 Å². The second-order valence-electron chi connectivity index (χ2n) is 15.7. The molecule has 1 fully saturated rings. The molecule has 0 unspecified atom stereocenters. The van der Waals surface area contributed by atoms with Gasteiger partial charge in [-0.1, -0.05) is 81.4 Å². The molecule has 1 amide bonds. The van der Waals surface area contributed by atoms with Gasteiger partial charge in [-0.15, -0.1) is 0 Å². The van der Waals surface area contributed by atoms with Crippen molar-refractivity contribution in [2.45, 2.75) is 70.2 Å². The van der Waals surface area contributed by atoms with Crippen LogP contribution in [-0.2, 0) is 20.3 Å². The fourth-order valence-corrected chi connectivity index (χ4v) is 8.60. The van der Waals surface area contributed by atoms with Gasteiger partial charge in [0.2, 0.25) is 0 Å². The molecule has 12 nitrogen and oxygen atoms in total. The fraction of sp³-hybridized carbons (Fsp3) is 0.357. The summed E-state index contributed by atoms with van der Waals surface area (Å²) in [6, 6.07) is 24.6. The molecule has 3 atom stereocenters. The molecule has 5 aromatic carbocycles. The standard InChI is InChI=1S/C42H46N4O8Si/c1-42(2,3)55(4,5)54-32-22-35(53-34(32)24-47)46-23-33-39(45-40(46)48)44-38-30(10-7-11-31(38)52-33)50-21-19-43-41(49)51-20-18-25-12-13-28-15-14-26-8-6-9-27-16-17-29(25)37(28)36(26)27/h6-17,23,32,34-35,47H,18-22,24H2,1-5H3,(H,43,49)(H,44,45,48)/t32-,34-,35-/m1/s1. The first-order valence-corrected chi connectivity index (χ1v) is 21.6. The van der Waals surface area contributed by atoms with Crippen LogP contribution >= 0.6 is 0 Å². The molecular weight excluding hydrogens is 717 g/mol. The maximum atomic E-state index is 13.3. The number of aliphatic hydroxyl groups is 1. The number of benzene rings is 5. The molecule has 286 valence electrons. The Labute approximate surface area is 319 Å². The first-order chi connectivity index (χ1) is 26.4. The Morgan fingerprint density at radius 3 is 2.47 bits per heavy atom. The van der Waals surface area contributed by atoms with Gasteiger partial charge in [0.05, 0.1) is 32.1 Å². The number of fused-ring (bicyclic) bond motifs is 2. The summed E-state index contributed by atoms with van der Waals surface area (Å²) in [6.07, 6.45) is 0.419. The van der Waals surface area contributed by atoms with Crippen molar-refractivity contribution in [3.05, 3.63) is 95.0 Å². The number of hydrogen-bond donors (Lipinski definition) is 3. The Hall–Kier alpha value is -5.21. The van der Waals surface area contributed by atoms with Crippen molar-refractivity contribution in [1.29, 1.82) is 0 Å². The van der Waals surface area contributed by atoms with Crippen molar-refractivity contribution < 1.29 is 33.3 Å². The van der Waals surface area contributed by atoms with Crippen LogP contribution in [0.15, 0.2) is 83.8 Å². The number of aromatic nitrogens is 2. The number of nitrogens with one attached hydrogen (secondary N) is 2. The Balaban J connectivity index is 0.852. The van der Waals surface area contributed by atoms with Crippen LogP contribution in [0.1, 0.15) is 39.0 Å². The smallest absolute Gasteiger partial charge is 0.407 e. The van der Waals surface area contributed by atoms with E-state index < -0.39 is 32.4 Å². The summed E-state index contributed by atoms with van der Waals surface area (Å²) in [5, 5.41) is 23.3. The lowest BCUT2D eigenvalue weighted by Gasteiger charge is -2.39. The van der Waals surface area contributed by atoms with Gasteiger partial charge in [0.15, 0.2) is 25.6 Å². The molecule has 6 aromatic rings. The molecule has 1 saturated heterocycles. The highest BCUT2D eigenvalue weighted by molar-refractivity contribution is 6.74. The third-order valence-electron chi connectivity index (χ3n) is 11.1. The monoisotopic (exact) mass is 762 g/mol. The van der Waals surface area contributed by atoms with Gasteiger partial charge in [-0.05, 0) is 68.1 Å². The maximum Gasteiger partial charge on any atom is 0.407 e. The molecule has 0 bridgehead atoms. The summed E-state index contributed by atoms with van der Waals surface area (Å²) >= 11 is 0. The Morgan fingerprint density at radius 1 is 0.982 bits per heavy atom. The third kappa shape index (κ3) is 7.08. The zero-order chi connectivity index (χ0) is 38.5. The highest BCUT2D eigenvalue weighted by atomic mass is 28.4. The van der Waals surface area contributed by atoms with Crippen molar-refractivity contribution in [2.75, 3.05) is 31.7 Å². The molecule has 0 saturated carbocycles. The number of anilines is 2. The first-order valence-electron chi connectivity index (χ1n) is 18.7. The zero-order valence-corrected chi connectivity index (χ0v) is 32.7. The molecule has 13 heteroatoms. The molecule has 0 aliphatic carbocycles. The average molecular weight is 763 g/mol. The quantitative estimate of drug-likeness (QED) is 0.0674. The minimum atomic E-state index is -2.16. The third-order valence-corrected chi connectivity index (χ3v) is 15.6. The van der Waals surface area contributed by atoms with Gasteiger partial charge in [-0.25, -0.2) is 9.59 Å². The lowest BCUT2D eigenvalue weighted by molar-refractivity contribution is -0.0439. The summed E-state index contributed by atoms with van der Waals surface area (Å²) in [7, 11) is -2.16. The summed E-state index contributed by atoms with van der Waals surface area (Å²) in [6.45, 7) is 11.1. The van der Waals surface area contributed by atoms with E-state index >= 15 is 0 Å². The van der Waals surface area contributed by atoms with Gasteiger partial charge in [0.1, 0.15) is 30.4 Å². The predicted octanol–water partition coefficient (Wildman–Crippen LogP) is 8.01. The summed E-state index contributed by atoms with van der Waals surface area (Å²) in [5.41, 5.74) is 1.10. The average Bonchev–Trinajstić information content (AvgIpc) is 3.56. The van der Waals surface area contributed by atoms with Crippen LogP contribution in [0.25, 0.3) is 32.3 Å². The summed E-state index contributed by atoms with van der Waals surface area (Å²) < 4.78 is 31.8. The van der Waals surface area contributed by atoms with E-state index in [1.165, 1.54) is 36.9 Å². The number of alkyl carbamates (subject to hydrolysis) is 1. The van der Waals surface area contributed by atoms with Gasteiger partial charge in [-0.3, -0.25) is 4.57 Å². The minimum absolute atomic E-state index is 0.0259. The molecule has 0 spiro atoms. The van der Waals surface area contributed by atoms with E-state index in [1.807, 2.05) is 0 Å². The van der Waals surface area contributed by atoms with E-state index in [-0.39, 0.29) is 43.3 Å². The largest absolute Gasteiger partial charge is 0.489 e. The molecule has 3 N–H and O–H groups in total. The zero-order valence-electron chi connectivity index (χ0n) is 31.7. The molecule has 0 radical (unpaired) electrons. The Bertz CT molecular complexity index is 2430. The summed E-state index contributed by atoms with van der Waals surface area (Å²) in [5.74, 6) is 1.53. The number of carbonyl (C=O) groups excluding carboxylic acids is 1. The maximum absolute atomic E-state index is 13.3. The number of rotatable bonds is 11. The first kappa shape index (κ1) is 36.7. The number of aliphatic hydroxyl groups excluding tert-OH is 1. The van der Waals surface area contributed by atoms with Crippen molar-refractivity contribution in [2.24, 2.45) is 0 Å². The molecule has 55 heavy (non-hydrogen) atoms. The van der Waals surface area contributed by atoms with E-state index in [0.717, 1.165) is 5.56 Å². The number of amides is 1. The number of carbonyl (C=O) groups is 1. The summed E-state index contributed by atoms with van der Waals surface area (Å²) in [4.78, 5) is 30.1. The van der Waals surface area contributed by atoms with Crippen molar-refractivity contribution in [3.63, 3.8) is 0 Å². The van der Waals surface area contributed by atoms with Crippen molar-refractivity contribution >= 4 is 58.2 Å². The van der Waals surface area contributed by atoms with Crippen LogP contribution in [0.4, 0.5) is 16.3 Å². The van der Waals surface area contributed by atoms with Crippen LogP contribution in [0.5, 0.6) is 17.2 Å². The van der Waals surface area contributed by atoms with Crippen LogP contribution in [-0.4, -0.2) is 67.6 Å². The molecular formula is C42H46N4O8Si. The minimum Gasteiger partial charge on any atom is -0.489 e. The second kappa shape index (κ2) is 14.5. The van der Waals surface area contributed by atoms with E-state index in [4.69, 9.17) is 23.4 Å². The molecule has 1 aromatic heterocycles.